The lowest BCUT2D eigenvalue weighted by Crippen LogP contribution is -2.84. The van der Waals surface area contributed by atoms with Crippen molar-refractivity contribution in [3.8, 4) is 0 Å². The second kappa shape index (κ2) is 1.69. The number of halogens is 2. The number of hydrogen-bond donors (Lipinski definition) is 2. The molecule has 3 aliphatic rings. The molecule has 0 aromatic rings. The van der Waals surface area contributed by atoms with Gasteiger partial charge >= 0.3 is 11.9 Å². The zero-order chi connectivity index (χ0) is 10.1. The summed E-state index contributed by atoms with van der Waals surface area (Å²) in [4.78, 5) is 20.9. The molecule has 3 fully saturated rings. The Labute approximate surface area is 71.2 Å². The minimum Gasteiger partial charge on any atom is -0.481 e. The Kier molecular flexibility index (Phi) is 1.09. The maximum atomic E-state index is 13.0. The van der Waals surface area contributed by atoms with Crippen LogP contribution in [-0.2, 0) is 9.59 Å². The van der Waals surface area contributed by atoms with Crippen LogP contribution in [0.2, 0.25) is 0 Å². The van der Waals surface area contributed by atoms with Gasteiger partial charge in [-0.2, -0.15) is 0 Å². The van der Waals surface area contributed by atoms with E-state index in [-0.39, 0.29) is 0 Å². The van der Waals surface area contributed by atoms with Gasteiger partial charge in [-0.25, -0.2) is 8.78 Å². The van der Waals surface area contributed by atoms with E-state index in [0.29, 0.717) is 0 Å². The van der Waals surface area contributed by atoms with Crippen LogP contribution in [0.5, 0.6) is 0 Å². The Bertz CT molecular complexity index is 288. The molecule has 13 heavy (non-hydrogen) atoms. The summed E-state index contributed by atoms with van der Waals surface area (Å²) in [5, 5.41) is 17.0. The average molecular weight is 192 g/mol. The minimum absolute atomic E-state index is 0.447. The third-order valence-corrected chi connectivity index (χ3v) is 3.23. The maximum absolute atomic E-state index is 13.0. The number of hydrogen-bond acceptors (Lipinski definition) is 2. The average Bonchev–Trinajstić information content (AvgIpc) is 1.81. The maximum Gasteiger partial charge on any atom is 0.315 e. The minimum atomic E-state index is -3.59. The summed E-state index contributed by atoms with van der Waals surface area (Å²) in [5.74, 6) is -6.78. The Morgan fingerprint density at radius 1 is 1.00 bits per heavy atom. The number of carbonyl (C=O) groups is 2. The standard InChI is InChI=1S/C7H6F2O4/c8-7(9)5(3(10)11)1-6(7,2-5)4(12)13/h1-2H2,(H,10,11)(H,12,13). The largest absolute Gasteiger partial charge is 0.481 e. The third-order valence-electron chi connectivity index (χ3n) is 3.23. The predicted octanol–water partition coefficient (Wildman–Crippen LogP) is 0.571. The topological polar surface area (TPSA) is 74.6 Å². The number of carboxylic acid groups (broad SMARTS) is 2. The molecule has 3 rings (SSSR count). The van der Waals surface area contributed by atoms with Gasteiger partial charge in [-0.1, -0.05) is 0 Å². The fraction of sp³-hybridized carbons (Fsp3) is 0.714. The van der Waals surface area contributed by atoms with Crippen molar-refractivity contribution in [2.24, 2.45) is 10.8 Å². The van der Waals surface area contributed by atoms with Crippen LogP contribution in [-0.4, -0.2) is 28.1 Å². The van der Waals surface area contributed by atoms with E-state index in [1.54, 1.807) is 0 Å². The molecule has 0 saturated heterocycles. The molecule has 0 unspecified atom stereocenters. The monoisotopic (exact) mass is 192 g/mol. The van der Waals surface area contributed by atoms with Gasteiger partial charge in [0.2, 0.25) is 0 Å². The van der Waals surface area contributed by atoms with Gasteiger partial charge in [-0.3, -0.25) is 9.59 Å². The highest BCUT2D eigenvalue weighted by molar-refractivity contribution is 5.92. The van der Waals surface area contributed by atoms with Crippen molar-refractivity contribution in [3.05, 3.63) is 0 Å². The van der Waals surface area contributed by atoms with Crippen LogP contribution in [0.4, 0.5) is 8.78 Å². The molecule has 2 bridgehead atoms. The van der Waals surface area contributed by atoms with Crippen LogP contribution >= 0.6 is 0 Å². The van der Waals surface area contributed by atoms with Crippen molar-refractivity contribution in [2.45, 2.75) is 18.8 Å². The van der Waals surface area contributed by atoms with E-state index in [9.17, 15) is 18.4 Å². The molecule has 0 radical (unpaired) electrons. The first-order chi connectivity index (χ1) is 5.80. The highest BCUT2D eigenvalue weighted by atomic mass is 19.3. The first kappa shape index (κ1) is 8.40. The molecular weight excluding hydrogens is 186 g/mol. The summed E-state index contributed by atoms with van der Waals surface area (Å²) < 4.78 is 26.1. The van der Waals surface area contributed by atoms with Crippen molar-refractivity contribution in [1.29, 1.82) is 0 Å². The van der Waals surface area contributed by atoms with Crippen LogP contribution in [0.15, 0.2) is 0 Å². The second-order valence-corrected chi connectivity index (χ2v) is 3.70. The van der Waals surface area contributed by atoms with Gasteiger partial charge in [-0.05, 0) is 12.8 Å². The zero-order valence-corrected chi connectivity index (χ0v) is 6.38. The predicted molar refractivity (Wildman–Crippen MR) is 34.3 cm³/mol. The SMILES string of the molecule is O=C(O)C12CC(C(=O)O)(C1)C2(F)F. The van der Waals surface area contributed by atoms with Crippen molar-refractivity contribution in [1.82, 2.24) is 0 Å². The van der Waals surface area contributed by atoms with Crippen LogP contribution in [0, 0.1) is 10.8 Å². The summed E-state index contributed by atoms with van der Waals surface area (Å²) >= 11 is 0. The van der Waals surface area contributed by atoms with Gasteiger partial charge in [0.25, 0.3) is 5.92 Å². The van der Waals surface area contributed by atoms with Crippen molar-refractivity contribution >= 4 is 11.9 Å². The Morgan fingerprint density at radius 3 is 1.46 bits per heavy atom. The molecule has 0 aliphatic heterocycles. The van der Waals surface area contributed by atoms with Gasteiger partial charge < -0.3 is 10.2 Å². The van der Waals surface area contributed by atoms with E-state index in [4.69, 9.17) is 10.2 Å². The fourth-order valence-electron chi connectivity index (χ4n) is 2.24. The Morgan fingerprint density at radius 2 is 1.31 bits per heavy atom. The van der Waals surface area contributed by atoms with Crippen molar-refractivity contribution in [3.63, 3.8) is 0 Å². The van der Waals surface area contributed by atoms with Gasteiger partial charge in [0.15, 0.2) is 0 Å². The van der Waals surface area contributed by atoms with Crippen LogP contribution in [0.25, 0.3) is 0 Å². The van der Waals surface area contributed by atoms with E-state index < -0.39 is 41.5 Å². The molecule has 0 spiro atoms. The fourth-order valence-corrected chi connectivity index (χ4v) is 2.24. The van der Waals surface area contributed by atoms with Gasteiger partial charge in [0.05, 0.1) is 0 Å². The lowest BCUT2D eigenvalue weighted by Gasteiger charge is -2.70. The molecule has 2 N–H and O–H groups in total. The summed E-state index contributed by atoms with van der Waals surface area (Å²) in [7, 11) is 0. The number of rotatable bonds is 2. The normalized spacial score (nSPS) is 44.5. The molecule has 4 nitrogen and oxygen atoms in total. The number of alkyl halides is 2. The summed E-state index contributed by atoms with van der Waals surface area (Å²) in [6.45, 7) is 0. The lowest BCUT2D eigenvalue weighted by molar-refractivity contribution is -0.383. The Balaban J connectivity index is 2.34. The molecule has 0 aromatic heterocycles. The third kappa shape index (κ3) is 0.502. The highest BCUT2D eigenvalue weighted by Gasteiger charge is 2.94. The summed E-state index contributed by atoms with van der Waals surface area (Å²) in [5.41, 5.74) is -4.18. The summed E-state index contributed by atoms with van der Waals surface area (Å²) in [6, 6.07) is 0. The van der Waals surface area contributed by atoms with Crippen LogP contribution in [0.3, 0.4) is 0 Å². The smallest absolute Gasteiger partial charge is 0.315 e. The second-order valence-electron chi connectivity index (χ2n) is 3.70. The molecule has 0 heterocycles. The van der Waals surface area contributed by atoms with Crippen molar-refractivity contribution in [2.75, 3.05) is 0 Å². The quantitative estimate of drug-likeness (QED) is 0.670. The molecule has 72 valence electrons. The zero-order valence-electron chi connectivity index (χ0n) is 6.38. The molecule has 0 atom stereocenters. The van der Waals surface area contributed by atoms with E-state index in [0.717, 1.165) is 0 Å². The van der Waals surface area contributed by atoms with E-state index >= 15 is 0 Å². The number of aliphatic carboxylic acids is 2. The molecule has 0 aromatic carbocycles. The van der Waals surface area contributed by atoms with Gasteiger partial charge in [0.1, 0.15) is 10.8 Å². The first-order valence-corrected chi connectivity index (χ1v) is 3.65. The van der Waals surface area contributed by atoms with Gasteiger partial charge in [-0.15, -0.1) is 0 Å². The van der Waals surface area contributed by atoms with E-state index in [1.165, 1.54) is 0 Å². The van der Waals surface area contributed by atoms with E-state index in [2.05, 4.69) is 0 Å². The van der Waals surface area contributed by atoms with Crippen LogP contribution in [0.1, 0.15) is 12.8 Å². The Hall–Kier alpha value is -1.20. The van der Waals surface area contributed by atoms with E-state index in [1.807, 2.05) is 0 Å². The first-order valence-electron chi connectivity index (χ1n) is 3.65. The molecule has 0 amide bonds. The molecule has 3 aliphatic carbocycles. The molecule has 6 heteroatoms. The lowest BCUT2D eigenvalue weighted by atomic mass is 9.32. The molecule has 3 saturated carbocycles. The van der Waals surface area contributed by atoms with Gasteiger partial charge in [0, 0.05) is 0 Å². The number of carboxylic acids is 2. The molecular formula is C7H6F2O4. The van der Waals surface area contributed by atoms with Crippen LogP contribution < -0.4 is 0 Å². The van der Waals surface area contributed by atoms with Crippen molar-refractivity contribution < 1.29 is 28.6 Å². The highest BCUT2D eigenvalue weighted by Crippen LogP contribution is 2.81. The summed E-state index contributed by atoms with van der Waals surface area (Å²) in [6.07, 6.45) is -0.894.